The van der Waals surface area contributed by atoms with Crippen molar-refractivity contribution in [1.29, 1.82) is 0 Å². The Morgan fingerprint density at radius 2 is 2.10 bits per heavy atom. The monoisotopic (exact) mass is 284 g/mol. The van der Waals surface area contributed by atoms with E-state index in [0.717, 1.165) is 26.3 Å². The molecule has 1 unspecified atom stereocenters. The number of piperidine rings is 1. The van der Waals surface area contributed by atoms with Crippen molar-refractivity contribution in [3.8, 4) is 0 Å². The van der Waals surface area contributed by atoms with Crippen LogP contribution in [0.3, 0.4) is 0 Å². The predicted molar refractivity (Wildman–Crippen MR) is 82.0 cm³/mol. The van der Waals surface area contributed by atoms with Crippen LogP contribution >= 0.6 is 0 Å². The lowest BCUT2D eigenvalue weighted by atomic mass is 9.85. The number of hydrogen-bond acceptors (Lipinski definition) is 4. The minimum absolute atomic E-state index is 0.328. The van der Waals surface area contributed by atoms with Crippen molar-refractivity contribution >= 4 is 0 Å². The molecule has 0 bridgehead atoms. The molecule has 1 N–H and O–H groups in total. The highest BCUT2D eigenvalue weighted by molar-refractivity contribution is 4.90. The lowest BCUT2D eigenvalue weighted by Gasteiger charge is -2.38. The Labute approximate surface area is 124 Å². The highest BCUT2D eigenvalue weighted by Crippen LogP contribution is 2.30. The van der Waals surface area contributed by atoms with Gasteiger partial charge in [0.2, 0.25) is 0 Å². The summed E-state index contributed by atoms with van der Waals surface area (Å²) in [6.45, 7) is 12.1. The molecule has 0 spiro atoms. The second-order valence-corrected chi connectivity index (χ2v) is 7.04. The van der Waals surface area contributed by atoms with Crippen LogP contribution < -0.4 is 5.32 Å². The fourth-order valence-corrected chi connectivity index (χ4v) is 3.37. The summed E-state index contributed by atoms with van der Waals surface area (Å²) in [5.41, 5.74) is 0.328. The molecule has 0 aromatic carbocycles. The molecular formula is C16H32N2O2. The van der Waals surface area contributed by atoms with Crippen LogP contribution in [-0.4, -0.2) is 64.1 Å². The largest absolute Gasteiger partial charge is 0.381 e. The molecule has 2 aliphatic heterocycles. The molecule has 20 heavy (non-hydrogen) atoms. The number of methoxy groups -OCH3 is 1. The highest BCUT2D eigenvalue weighted by Gasteiger charge is 2.37. The SMILES string of the molecule is COC1CCN(CC2(CNCC(C)C)CCOC2)CC1. The van der Waals surface area contributed by atoms with Gasteiger partial charge in [-0.1, -0.05) is 13.8 Å². The molecule has 4 heteroatoms. The summed E-state index contributed by atoms with van der Waals surface area (Å²) in [7, 11) is 1.84. The zero-order valence-corrected chi connectivity index (χ0v) is 13.5. The van der Waals surface area contributed by atoms with Crippen molar-refractivity contribution in [3.05, 3.63) is 0 Å². The van der Waals surface area contributed by atoms with Gasteiger partial charge in [0.25, 0.3) is 0 Å². The third kappa shape index (κ3) is 4.69. The van der Waals surface area contributed by atoms with Gasteiger partial charge in [0.1, 0.15) is 0 Å². The molecule has 2 aliphatic rings. The predicted octanol–water partition coefficient (Wildman–Crippen LogP) is 1.75. The summed E-state index contributed by atoms with van der Waals surface area (Å²) in [6, 6.07) is 0. The Kier molecular flexibility index (Phi) is 6.27. The Morgan fingerprint density at radius 3 is 2.65 bits per heavy atom. The van der Waals surface area contributed by atoms with Gasteiger partial charge in [0.05, 0.1) is 12.7 Å². The normalized spacial score (nSPS) is 29.4. The van der Waals surface area contributed by atoms with Gasteiger partial charge in [-0.25, -0.2) is 0 Å². The van der Waals surface area contributed by atoms with Crippen molar-refractivity contribution < 1.29 is 9.47 Å². The van der Waals surface area contributed by atoms with Gasteiger partial charge in [0, 0.05) is 45.3 Å². The fraction of sp³-hybridized carbons (Fsp3) is 1.00. The van der Waals surface area contributed by atoms with Gasteiger partial charge >= 0.3 is 0 Å². The quantitative estimate of drug-likeness (QED) is 0.772. The van der Waals surface area contributed by atoms with Crippen molar-refractivity contribution in [1.82, 2.24) is 10.2 Å². The second-order valence-electron chi connectivity index (χ2n) is 7.04. The molecule has 2 fully saturated rings. The average Bonchev–Trinajstić information content (AvgIpc) is 2.88. The van der Waals surface area contributed by atoms with Gasteiger partial charge in [0.15, 0.2) is 0 Å². The molecule has 2 saturated heterocycles. The van der Waals surface area contributed by atoms with Crippen LogP contribution in [0.4, 0.5) is 0 Å². The summed E-state index contributed by atoms with van der Waals surface area (Å²) >= 11 is 0. The van der Waals surface area contributed by atoms with E-state index < -0.39 is 0 Å². The highest BCUT2D eigenvalue weighted by atomic mass is 16.5. The molecule has 0 aromatic heterocycles. The van der Waals surface area contributed by atoms with E-state index in [1.165, 1.54) is 38.9 Å². The topological polar surface area (TPSA) is 33.7 Å². The van der Waals surface area contributed by atoms with E-state index in [-0.39, 0.29) is 0 Å². The lowest BCUT2D eigenvalue weighted by molar-refractivity contribution is 0.0233. The minimum Gasteiger partial charge on any atom is -0.381 e. The van der Waals surface area contributed by atoms with Crippen LogP contribution in [0.25, 0.3) is 0 Å². The third-order valence-corrected chi connectivity index (χ3v) is 4.66. The van der Waals surface area contributed by atoms with E-state index >= 15 is 0 Å². The molecule has 4 nitrogen and oxygen atoms in total. The first-order valence-corrected chi connectivity index (χ1v) is 8.17. The van der Waals surface area contributed by atoms with Crippen LogP contribution in [0, 0.1) is 11.3 Å². The molecule has 2 rings (SSSR count). The third-order valence-electron chi connectivity index (χ3n) is 4.66. The van der Waals surface area contributed by atoms with Gasteiger partial charge in [-0.05, 0) is 31.7 Å². The van der Waals surface area contributed by atoms with E-state index in [4.69, 9.17) is 9.47 Å². The lowest BCUT2D eigenvalue weighted by Crippen LogP contribution is -2.48. The van der Waals surface area contributed by atoms with Gasteiger partial charge in [-0.3, -0.25) is 0 Å². The van der Waals surface area contributed by atoms with Gasteiger partial charge < -0.3 is 19.7 Å². The number of nitrogens with zero attached hydrogens (tertiary/aromatic N) is 1. The van der Waals surface area contributed by atoms with Crippen molar-refractivity contribution in [2.75, 3.05) is 53.0 Å². The number of likely N-dealkylation sites (tertiary alicyclic amines) is 1. The standard InChI is InChI=1S/C16H32N2O2/c1-14(2)10-17-11-16(6-9-20-13-16)12-18-7-4-15(19-3)5-8-18/h14-15,17H,4-13H2,1-3H3. The summed E-state index contributed by atoms with van der Waals surface area (Å²) in [4.78, 5) is 2.61. The molecule has 0 aromatic rings. The van der Waals surface area contributed by atoms with Crippen molar-refractivity contribution in [2.24, 2.45) is 11.3 Å². The van der Waals surface area contributed by atoms with Gasteiger partial charge in [-0.15, -0.1) is 0 Å². The molecule has 0 aliphatic carbocycles. The number of rotatable bonds is 7. The summed E-state index contributed by atoms with van der Waals surface area (Å²) < 4.78 is 11.2. The molecule has 0 radical (unpaired) electrons. The Balaban J connectivity index is 1.79. The van der Waals surface area contributed by atoms with Crippen LogP contribution in [0.1, 0.15) is 33.1 Å². The summed E-state index contributed by atoms with van der Waals surface area (Å²) in [6.07, 6.45) is 4.02. The number of ether oxygens (including phenoxy) is 2. The molecular weight excluding hydrogens is 252 g/mol. The number of hydrogen-bond donors (Lipinski definition) is 1. The van der Waals surface area contributed by atoms with Crippen LogP contribution in [-0.2, 0) is 9.47 Å². The van der Waals surface area contributed by atoms with Gasteiger partial charge in [-0.2, -0.15) is 0 Å². The Bertz CT molecular complexity index is 270. The maximum atomic E-state index is 5.71. The number of nitrogens with one attached hydrogen (secondary N) is 1. The first-order valence-electron chi connectivity index (χ1n) is 8.17. The van der Waals surface area contributed by atoms with E-state index in [1.54, 1.807) is 0 Å². The summed E-state index contributed by atoms with van der Waals surface area (Å²) in [5.74, 6) is 0.715. The first-order chi connectivity index (χ1) is 9.63. The van der Waals surface area contributed by atoms with E-state index in [0.29, 0.717) is 17.4 Å². The molecule has 0 saturated carbocycles. The smallest absolute Gasteiger partial charge is 0.0595 e. The molecule has 2 heterocycles. The van der Waals surface area contributed by atoms with E-state index in [1.807, 2.05) is 7.11 Å². The Hall–Kier alpha value is -0.160. The molecule has 118 valence electrons. The van der Waals surface area contributed by atoms with Crippen molar-refractivity contribution in [2.45, 2.75) is 39.2 Å². The van der Waals surface area contributed by atoms with Crippen LogP contribution in [0.5, 0.6) is 0 Å². The minimum atomic E-state index is 0.328. The zero-order chi connectivity index (χ0) is 14.4. The zero-order valence-electron chi connectivity index (χ0n) is 13.5. The molecule has 0 amide bonds. The average molecular weight is 284 g/mol. The summed E-state index contributed by atoms with van der Waals surface area (Å²) in [5, 5.41) is 3.65. The Morgan fingerprint density at radius 1 is 1.35 bits per heavy atom. The maximum absolute atomic E-state index is 5.71. The van der Waals surface area contributed by atoms with Crippen LogP contribution in [0.2, 0.25) is 0 Å². The first kappa shape index (κ1) is 16.2. The van der Waals surface area contributed by atoms with E-state index in [9.17, 15) is 0 Å². The fourth-order valence-electron chi connectivity index (χ4n) is 3.37. The van der Waals surface area contributed by atoms with Crippen molar-refractivity contribution in [3.63, 3.8) is 0 Å². The second kappa shape index (κ2) is 7.74. The molecule has 1 atom stereocenters. The van der Waals surface area contributed by atoms with Crippen LogP contribution in [0.15, 0.2) is 0 Å². The maximum Gasteiger partial charge on any atom is 0.0595 e. The van der Waals surface area contributed by atoms with E-state index in [2.05, 4.69) is 24.1 Å².